The average molecular weight is 255 g/mol. The van der Waals surface area contributed by atoms with Gasteiger partial charge >= 0.3 is 5.97 Å². The molecule has 1 unspecified atom stereocenters. The minimum atomic E-state index is -0.822. The Hall–Kier alpha value is -1.06. The fourth-order valence-corrected chi connectivity index (χ4v) is 2.60. The highest BCUT2D eigenvalue weighted by Gasteiger charge is 2.26. The van der Waals surface area contributed by atoms with Crippen LogP contribution in [0.1, 0.15) is 58.8 Å². The number of nitrogens with zero attached hydrogens (tertiary/aromatic N) is 1. The summed E-state index contributed by atoms with van der Waals surface area (Å²) in [7, 11) is 0. The Labute approximate surface area is 109 Å². The molecule has 0 spiro atoms. The summed E-state index contributed by atoms with van der Waals surface area (Å²) < 4.78 is 0. The van der Waals surface area contributed by atoms with Crippen molar-refractivity contribution in [2.24, 2.45) is 5.92 Å². The first-order valence-corrected chi connectivity index (χ1v) is 7.08. The molecule has 0 aromatic heterocycles. The largest absolute Gasteiger partial charge is 0.481 e. The van der Waals surface area contributed by atoms with Crippen LogP contribution >= 0.6 is 0 Å². The molecule has 1 fully saturated rings. The molecular weight excluding hydrogens is 230 g/mol. The molecule has 1 atom stereocenters. The van der Waals surface area contributed by atoms with Gasteiger partial charge in [-0.15, -0.1) is 0 Å². The van der Waals surface area contributed by atoms with Crippen molar-refractivity contribution in [2.75, 3.05) is 6.54 Å². The molecule has 0 saturated heterocycles. The summed E-state index contributed by atoms with van der Waals surface area (Å²) >= 11 is 0. The molecule has 1 N–H and O–H groups in total. The first-order chi connectivity index (χ1) is 8.56. The van der Waals surface area contributed by atoms with Crippen LogP contribution in [0.5, 0.6) is 0 Å². The van der Waals surface area contributed by atoms with Crippen molar-refractivity contribution in [3.8, 4) is 0 Å². The third kappa shape index (κ3) is 4.31. The molecular formula is C14H25NO3. The maximum absolute atomic E-state index is 12.0. The van der Waals surface area contributed by atoms with E-state index in [1.54, 1.807) is 6.92 Å². The van der Waals surface area contributed by atoms with Gasteiger partial charge in [0.2, 0.25) is 5.91 Å². The number of rotatable bonds is 5. The molecule has 1 saturated carbocycles. The Morgan fingerprint density at radius 2 is 1.78 bits per heavy atom. The lowest BCUT2D eigenvalue weighted by Crippen LogP contribution is -2.43. The summed E-state index contributed by atoms with van der Waals surface area (Å²) in [5.74, 6) is -1.21. The highest BCUT2D eigenvalue weighted by molar-refractivity contribution is 5.77. The van der Waals surface area contributed by atoms with Gasteiger partial charge in [-0.05, 0) is 12.8 Å². The first kappa shape index (κ1) is 15.0. The monoisotopic (exact) mass is 255 g/mol. The maximum Gasteiger partial charge on any atom is 0.308 e. The van der Waals surface area contributed by atoms with Gasteiger partial charge in [-0.25, -0.2) is 0 Å². The second kappa shape index (κ2) is 7.39. The summed E-state index contributed by atoms with van der Waals surface area (Å²) in [6, 6.07) is 0.252. The number of hydrogen-bond donors (Lipinski definition) is 1. The van der Waals surface area contributed by atoms with Crippen molar-refractivity contribution in [3.05, 3.63) is 0 Å². The van der Waals surface area contributed by atoms with Crippen LogP contribution in [-0.4, -0.2) is 34.5 Å². The summed E-state index contributed by atoms with van der Waals surface area (Å²) in [5, 5.41) is 9.00. The molecule has 0 aromatic rings. The van der Waals surface area contributed by atoms with Crippen LogP contribution in [0, 0.1) is 5.92 Å². The first-order valence-electron chi connectivity index (χ1n) is 7.08. The quantitative estimate of drug-likeness (QED) is 0.768. The normalized spacial score (nSPS) is 19.0. The Bertz CT molecular complexity index is 283. The molecule has 0 aromatic carbocycles. The SMILES string of the molecule is CCC(=O)N(CC(C)C(=O)O)C1CCCCCC1. The van der Waals surface area contributed by atoms with E-state index < -0.39 is 11.9 Å². The predicted molar refractivity (Wildman–Crippen MR) is 70.3 cm³/mol. The van der Waals surface area contributed by atoms with E-state index in [-0.39, 0.29) is 11.9 Å². The highest BCUT2D eigenvalue weighted by atomic mass is 16.4. The van der Waals surface area contributed by atoms with E-state index in [4.69, 9.17) is 5.11 Å². The molecule has 0 heterocycles. The third-order valence-corrected chi connectivity index (χ3v) is 3.78. The van der Waals surface area contributed by atoms with Crippen LogP contribution in [0.15, 0.2) is 0 Å². The zero-order chi connectivity index (χ0) is 13.5. The predicted octanol–water partition coefficient (Wildman–Crippen LogP) is 2.67. The maximum atomic E-state index is 12.0. The lowest BCUT2D eigenvalue weighted by atomic mass is 10.0. The van der Waals surface area contributed by atoms with Gasteiger partial charge < -0.3 is 10.0 Å². The smallest absolute Gasteiger partial charge is 0.308 e. The second-order valence-corrected chi connectivity index (χ2v) is 5.28. The Morgan fingerprint density at radius 1 is 1.22 bits per heavy atom. The van der Waals surface area contributed by atoms with E-state index in [9.17, 15) is 9.59 Å². The minimum Gasteiger partial charge on any atom is -0.481 e. The van der Waals surface area contributed by atoms with E-state index in [0.717, 1.165) is 25.7 Å². The Morgan fingerprint density at radius 3 is 2.22 bits per heavy atom. The molecule has 1 aliphatic rings. The summed E-state index contributed by atoms with van der Waals surface area (Å²) in [6.45, 7) is 3.87. The van der Waals surface area contributed by atoms with Crippen LogP contribution < -0.4 is 0 Å². The molecule has 0 radical (unpaired) electrons. The van der Waals surface area contributed by atoms with Crippen LogP contribution in [0.25, 0.3) is 0 Å². The lowest BCUT2D eigenvalue weighted by Gasteiger charge is -2.32. The minimum absolute atomic E-state index is 0.0926. The Balaban J connectivity index is 2.69. The van der Waals surface area contributed by atoms with Crippen LogP contribution in [0.3, 0.4) is 0 Å². The number of hydrogen-bond acceptors (Lipinski definition) is 2. The van der Waals surface area contributed by atoms with E-state index in [0.29, 0.717) is 13.0 Å². The van der Waals surface area contributed by atoms with E-state index in [2.05, 4.69) is 0 Å². The summed E-state index contributed by atoms with van der Waals surface area (Å²) in [5.41, 5.74) is 0. The molecule has 1 amide bonds. The van der Waals surface area contributed by atoms with Crippen molar-refractivity contribution in [3.63, 3.8) is 0 Å². The fraction of sp³-hybridized carbons (Fsp3) is 0.857. The molecule has 4 heteroatoms. The number of amides is 1. The van der Waals surface area contributed by atoms with Gasteiger partial charge in [-0.2, -0.15) is 0 Å². The highest BCUT2D eigenvalue weighted by Crippen LogP contribution is 2.23. The average Bonchev–Trinajstić information content (AvgIpc) is 2.63. The van der Waals surface area contributed by atoms with Crippen molar-refractivity contribution in [1.29, 1.82) is 0 Å². The lowest BCUT2D eigenvalue weighted by molar-refractivity contribution is -0.144. The van der Waals surface area contributed by atoms with Gasteiger partial charge in [-0.1, -0.05) is 39.5 Å². The standard InChI is InChI=1S/C14H25NO3/c1-3-13(16)15(10-11(2)14(17)18)12-8-6-4-5-7-9-12/h11-12H,3-10H2,1-2H3,(H,17,18). The van der Waals surface area contributed by atoms with Crippen LogP contribution in [0.2, 0.25) is 0 Å². The van der Waals surface area contributed by atoms with Crippen molar-refractivity contribution in [1.82, 2.24) is 4.90 Å². The fourth-order valence-electron chi connectivity index (χ4n) is 2.60. The number of carboxylic acids is 1. The number of carbonyl (C=O) groups is 2. The molecule has 1 rings (SSSR count). The van der Waals surface area contributed by atoms with E-state index in [1.807, 2.05) is 11.8 Å². The van der Waals surface area contributed by atoms with E-state index >= 15 is 0 Å². The van der Waals surface area contributed by atoms with Gasteiger partial charge in [-0.3, -0.25) is 9.59 Å². The molecule has 0 bridgehead atoms. The molecule has 1 aliphatic carbocycles. The van der Waals surface area contributed by atoms with Crippen molar-refractivity contribution < 1.29 is 14.7 Å². The van der Waals surface area contributed by atoms with Gasteiger partial charge in [0.15, 0.2) is 0 Å². The second-order valence-electron chi connectivity index (χ2n) is 5.28. The summed E-state index contributed by atoms with van der Waals surface area (Å²) in [4.78, 5) is 24.8. The van der Waals surface area contributed by atoms with Crippen molar-refractivity contribution >= 4 is 11.9 Å². The third-order valence-electron chi connectivity index (χ3n) is 3.78. The molecule has 18 heavy (non-hydrogen) atoms. The van der Waals surface area contributed by atoms with Crippen LogP contribution in [0.4, 0.5) is 0 Å². The molecule has 0 aliphatic heterocycles. The summed E-state index contributed by atoms with van der Waals surface area (Å²) in [6.07, 6.45) is 7.29. The Kier molecular flexibility index (Phi) is 6.16. The van der Waals surface area contributed by atoms with Gasteiger partial charge in [0.1, 0.15) is 0 Å². The van der Waals surface area contributed by atoms with Gasteiger partial charge in [0.05, 0.1) is 5.92 Å². The van der Waals surface area contributed by atoms with Gasteiger partial charge in [0, 0.05) is 19.0 Å². The molecule has 104 valence electrons. The van der Waals surface area contributed by atoms with Gasteiger partial charge in [0.25, 0.3) is 0 Å². The van der Waals surface area contributed by atoms with E-state index in [1.165, 1.54) is 12.8 Å². The van der Waals surface area contributed by atoms with Crippen LogP contribution in [-0.2, 0) is 9.59 Å². The number of aliphatic carboxylic acids is 1. The number of carboxylic acid groups (broad SMARTS) is 1. The zero-order valence-corrected chi connectivity index (χ0v) is 11.5. The topological polar surface area (TPSA) is 57.6 Å². The van der Waals surface area contributed by atoms with Crippen molar-refractivity contribution in [2.45, 2.75) is 64.8 Å². The zero-order valence-electron chi connectivity index (χ0n) is 11.5. The molecule has 4 nitrogen and oxygen atoms in total. The number of carbonyl (C=O) groups excluding carboxylic acids is 1.